The number of rotatable bonds is 3. The molecule has 2 nitrogen and oxygen atoms in total. The molecule has 1 N–H and O–H groups in total. The van der Waals surface area contributed by atoms with Crippen LogP contribution in [0.2, 0.25) is 0 Å². The van der Waals surface area contributed by atoms with Gasteiger partial charge in [0, 0.05) is 13.2 Å². The fourth-order valence-electron chi connectivity index (χ4n) is 1.70. The summed E-state index contributed by atoms with van der Waals surface area (Å²) in [6.45, 7) is 5.37. The number of ether oxygens (including phenoxy) is 1. The van der Waals surface area contributed by atoms with E-state index in [-0.39, 0.29) is 0 Å². The van der Waals surface area contributed by atoms with E-state index in [1.807, 2.05) is 7.05 Å². The quantitative estimate of drug-likeness (QED) is 0.666. The van der Waals surface area contributed by atoms with Crippen LogP contribution in [0.3, 0.4) is 0 Å². The molecule has 1 fully saturated rings. The summed E-state index contributed by atoms with van der Waals surface area (Å²) in [6, 6.07) is 0. The van der Waals surface area contributed by atoms with Crippen LogP contribution in [-0.2, 0) is 4.74 Å². The summed E-state index contributed by atoms with van der Waals surface area (Å²) in [7, 11) is 2.01. The fraction of sp³-hybridized carbons (Fsp3) is 1.00. The van der Waals surface area contributed by atoms with Gasteiger partial charge in [-0.2, -0.15) is 0 Å². The SMILES string of the molecule is CNCC(C)C1CCCOC1. The molecule has 1 aliphatic rings. The number of hydrogen-bond acceptors (Lipinski definition) is 2. The molecule has 1 rings (SSSR count). The van der Waals surface area contributed by atoms with E-state index in [4.69, 9.17) is 4.74 Å². The molecular weight excluding hydrogens is 138 g/mol. The van der Waals surface area contributed by atoms with Crippen molar-refractivity contribution in [3.05, 3.63) is 0 Å². The average molecular weight is 157 g/mol. The second-order valence-electron chi connectivity index (χ2n) is 3.51. The highest BCUT2D eigenvalue weighted by Gasteiger charge is 2.19. The predicted octanol–water partition coefficient (Wildman–Crippen LogP) is 1.27. The Balaban J connectivity index is 2.21. The molecule has 66 valence electrons. The highest BCUT2D eigenvalue weighted by molar-refractivity contribution is 4.70. The van der Waals surface area contributed by atoms with Gasteiger partial charge in [-0.15, -0.1) is 0 Å². The van der Waals surface area contributed by atoms with Gasteiger partial charge in [-0.25, -0.2) is 0 Å². The van der Waals surface area contributed by atoms with Crippen molar-refractivity contribution in [1.29, 1.82) is 0 Å². The van der Waals surface area contributed by atoms with Crippen LogP contribution in [0.25, 0.3) is 0 Å². The largest absolute Gasteiger partial charge is 0.381 e. The Morgan fingerprint density at radius 3 is 3.00 bits per heavy atom. The van der Waals surface area contributed by atoms with Crippen LogP contribution in [0, 0.1) is 11.8 Å². The summed E-state index contributed by atoms with van der Waals surface area (Å²) < 4.78 is 5.42. The van der Waals surface area contributed by atoms with Crippen LogP contribution >= 0.6 is 0 Å². The second kappa shape index (κ2) is 4.73. The van der Waals surface area contributed by atoms with Gasteiger partial charge in [-0.3, -0.25) is 0 Å². The van der Waals surface area contributed by atoms with E-state index in [1.54, 1.807) is 0 Å². The molecule has 2 unspecified atom stereocenters. The van der Waals surface area contributed by atoms with Crippen LogP contribution in [0.15, 0.2) is 0 Å². The van der Waals surface area contributed by atoms with Crippen molar-refractivity contribution in [1.82, 2.24) is 5.32 Å². The second-order valence-corrected chi connectivity index (χ2v) is 3.51. The molecule has 2 atom stereocenters. The van der Waals surface area contributed by atoms with Crippen molar-refractivity contribution >= 4 is 0 Å². The first-order chi connectivity index (χ1) is 5.34. The van der Waals surface area contributed by atoms with Crippen molar-refractivity contribution in [3.63, 3.8) is 0 Å². The fourth-order valence-corrected chi connectivity index (χ4v) is 1.70. The molecule has 0 bridgehead atoms. The van der Waals surface area contributed by atoms with Gasteiger partial charge in [0.1, 0.15) is 0 Å². The zero-order valence-corrected chi connectivity index (χ0v) is 7.60. The summed E-state index contributed by atoms with van der Waals surface area (Å²) in [5, 5.41) is 3.21. The first-order valence-electron chi connectivity index (χ1n) is 4.57. The minimum atomic E-state index is 0.764. The topological polar surface area (TPSA) is 21.3 Å². The Labute approximate surface area is 69.3 Å². The Hall–Kier alpha value is -0.0800. The van der Waals surface area contributed by atoms with Crippen LogP contribution in [-0.4, -0.2) is 26.8 Å². The lowest BCUT2D eigenvalue weighted by Gasteiger charge is -2.27. The third-order valence-corrected chi connectivity index (χ3v) is 2.53. The summed E-state index contributed by atoms with van der Waals surface area (Å²) in [4.78, 5) is 0. The smallest absolute Gasteiger partial charge is 0.0497 e. The molecule has 1 aliphatic heterocycles. The van der Waals surface area contributed by atoms with Gasteiger partial charge in [0.15, 0.2) is 0 Å². The van der Waals surface area contributed by atoms with Gasteiger partial charge >= 0.3 is 0 Å². The number of hydrogen-bond donors (Lipinski definition) is 1. The minimum Gasteiger partial charge on any atom is -0.381 e. The lowest BCUT2D eigenvalue weighted by atomic mass is 9.89. The van der Waals surface area contributed by atoms with Crippen LogP contribution in [0.4, 0.5) is 0 Å². The highest BCUT2D eigenvalue weighted by atomic mass is 16.5. The van der Waals surface area contributed by atoms with E-state index < -0.39 is 0 Å². The first kappa shape index (κ1) is 9.01. The molecule has 0 radical (unpaired) electrons. The van der Waals surface area contributed by atoms with Gasteiger partial charge in [0.2, 0.25) is 0 Å². The highest BCUT2D eigenvalue weighted by Crippen LogP contribution is 2.21. The minimum absolute atomic E-state index is 0.764. The molecule has 0 aromatic heterocycles. The molecule has 0 aromatic carbocycles. The van der Waals surface area contributed by atoms with Gasteiger partial charge < -0.3 is 10.1 Å². The third-order valence-electron chi connectivity index (χ3n) is 2.53. The van der Waals surface area contributed by atoms with Crippen molar-refractivity contribution in [2.24, 2.45) is 11.8 Å². The van der Waals surface area contributed by atoms with E-state index in [0.29, 0.717) is 0 Å². The Bertz CT molecular complexity index is 99.7. The lowest BCUT2D eigenvalue weighted by molar-refractivity contribution is 0.0344. The van der Waals surface area contributed by atoms with Crippen LogP contribution in [0.1, 0.15) is 19.8 Å². The monoisotopic (exact) mass is 157 g/mol. The van der Waals surface area contributed by atoms with Crippen molar-refractivity contribution in [2.45, 2.75) is 19.8 Å². The maximum absolute atomic E-state index is 5.42. The zero-order chi connectivity index (χ0) is 8.10. The molecule has 0 saturated carbocycles. The normalized spacial score (nSPS) is 28.4. The summed E-state index contributed by atoms with van der Waals surface area (Å²) >= 11 is 0. The molecule has 0 amide bonds. The van der Waals surface area contributed by atoms with Crippen LogP contribution in [0.5, 0.6) is 0 Å². The first-order valence-corrected chi connectivity index (χ1v) is 4.57. The Morgan fingerprint density at radius 2 is 2.45 bits per heavy atom. The maximum Gasteiger partial charge on any atom is 0.0497 e. The Morgan fingerprint density at radius 1 is 1.64 bits per heavy atom. The van der Waals surface area contributed by atoms with Crippen molar-refractivity contribution in [3.8, 4) is 0 Å². The van der Waals surface area contributed by atoms with E-state index in [9.17, 15) is 0 Å². The van der Waals surface area contributed by atoms with Crippen LogP contribution < -0.4 is 5.32 Å². The molecular formula is C9H19NO. The molecule has 11 heavy (non-hydrogen) atoms. The van der Waals surface area contributed by atoms with Gasteiger partial charge in [0.05, 0.1) is 0 Å². The predicted molar refractivity (Wildman–Crippen MR) is 46.6 cm³/mol. The summed E-state index contributed by atoms with van der Waals surface area (Å²) in [5.41, 5.74) is 0. The molecule has 0 spiro atoms. The van der Waals surface area contributed by atoms with Crippen molar-refractivity contribution in [2.75, 3.05) is 26.8 Å². The van der Waals surface area contributed by atoms with Gasteiger partial charge in [0.25, 0.3) is 0 Å². The molecule has 0 aromatic rings. The van der Waals surface area contributed by atoms with E-state index >= 15 is 0 Å². The van der Waals surface area contributed by atoms with E-state index in [0.717, 1.165) is 31.6 Å². The molecule has 0 aliphatic carbocycles. The van der Waals surface area contributed by atoms with Crippen molar-refractivity contribution < 1.29 is 4.74 Å². The zero-order valence-electron chi connectivity index (χ0n) is 7.60. The molecule has 1 heterocycles. The summed E-state index contributed by atoms with van der Waals surface area (Å²) in [5.74, 6) is 1.55. The lowest BCUT2D eigenvalue weighted by Crippen LogP contribution is -2.29. The van der Waals surface area contributed by atoms with E-state index in [1.165, 1.54) is 12.8 Å². The van der Waals surface area contributed by atoms with Gasteiger partial charge in [-0.1, -0.05) is 6.92 Å². The van der Waals surface area contributed by atoms with E-state index in [2.05, 4.69) is 12.2 Å². The number of nitrogens with one attached hydrogen (secondary N) is 1. The molecule has 1 saturated heterocycles. The molecule has 2 heteroatoms. The summed E-state index contributed by atoms with van der Waals surface area (Å²) in [6.07, 6.45) is 2.60. The average Bonchev–Trinajstić information content (AvgIpc) is 2.07. The third kappa shape index (κ3) is 2.80. The van der Waals surface area contributed by atoms with Gasteiger partial charge in [-0.05, 0) is 38.3 Å². The maximum atomic E-state index is 5.42. The standard InChI is InChI=1S/C9H19NO/c1-8(6-10-2)9-4-3-5-11-7-9/h8-10H,3-7H2,1-2H3. The Kier molecular flexibility index (Phi) is 3.87.